The zero-order chi connectivity index (χ0) is 21.0. The molecule has 0 bridgehead atoms. The summed E-state index contributed by atoms with van der Waals surface area (Å²) >= 11 is 0. The molecule has 1 saturated heterocycles. The van der Waals surface area contributed by atoms with Crippen molar-refractivity contribution in [2.45, 2.75) is 19.3 Å². The predicted octanol–water partition coefficient (Wildman–Crippen LogP) is 1.77. The number of carbonyl (C=O) groups is 4. The van der Waals surface area contributed by atoms with Crippen LogP contribution < -0.4 is 9.47 Å². The summed E-state index contributed by atoms with van der Waals surface area (Å²) in [7, 11) is 2.91. The molecule has 8 nitrogen and oxygen atoms in total. The molecule has 1 aromatic carbocycles. The minimum absolute atomic E-state index is 0.0415. The monoisotopic (exact) mass is 401 g/mol. The van der Waals surface area contributed by atoms with Gasteiger partial charge in [0, 0.05) is 6.54 Å². The fourth-order valence-electron chi connectivity index (χ4n) is 3.62. The molecule has 1 aliphatic carbocycles. The highest BCUT2D eigenvalue weighted by Crippen LogP contribution is 2.35. The number of nitrogens with zero attached hydrogens (tertiary/aromatic N) is 1. The number of benzene rings is 1. The summed E-state index contributed by atoms with van der Waals surface area (Å²) in [6, 6.07) is 4.75. The van der Waals surface area contributed by atoms with E-state index in [1.807, 2.05) is 12.2 Å². The van der Waals surface area contributed by atoms with Gasteiger partial charge in [0.25, 0.3) is 0 Å². The first-order valence-electron chi connectivity index (χ1n) is 9.37. The van der Waals surface area contributed by atoms with E-state index >= 15 is 0 Å². The van der Waals surface area contributed by atoms with Gasteiger partial charge in [-0.2, -0.15) is 0 Å². The third kappa shape index (κ3) is 4.31. The molecule has 2 atom stereocenters. The topological polar surface area (TPSA) is 99.2 Å². The van der Waals surface area contributed by atoms with Gasteiger partial charge in [-0.05, 0) is 31.0 Å². The number of fused-ring (bicyclic) bond motifs is 1. The van der Waals surface area contributed by atoms with Crippen molar-refractivity contribution in [1.82, 2.24) is 4.90 Å². The number of likely N-dealkylation sites (tertiary alicyclic amines) is 1. The van der Waals surface area contributed by atoms with Crippen molar-refractivity contribution in [3.63, 3.8) is 0 Å². The average Bonchev–Trinajstić information content (AvgIpc) is 3.00. The molecule has 3 rings (SSSR count). The quantitative estimate of drug-likeness (QED) is 0.283. The SMILES string of the molecule is COc1ccc(OC)c(C(=O)COC(=O)CCN2C(=O)[C@H]3CC=CC[C@H]3C2=O)c1. The van der Waals surface area contributed by atoms with Crippen molar-refractivity contribution in [3.8, 4) is 11.5 Å². The summed E-state index contributed by atoms with van der Waals surface area (Å²) in [6.45, 7) is -0.514. The van der Waals surface area contributed by atoms with Crippen LogP contribution in [0.15, 0.2) is 30.4 Å². The van der Waals surface area contributed by atoms with Crippen molar-refractivity contribution in [2.75, 3.05) is 27.4 Å². The van der Waals surface area contributed by atoms with Crippen LogP contribution in [0.4, 0.5) is 0 Å². The molecule has 1 heterocycles. The maximum absolute atomic E-state index is 12.4. The van der Waals surface area contributed by atoms with Crippen molar-refractivity contribution in [1.29, 1.82) is 0 Å². The Morgan fingerprint density at radius 2 is 1.69 bits per heavy atom. The third-order valence-electron chi connectivity index (χ3n) is 5.21. The van der Waals surface area contributed by atoms with Crippen LogP contribution in [-0.4, -0.2) is 55.8 Å². The highest BCUT2D eigenvalue weighted by Gasteiger charge is 2.46. The number of rotatable bonds is 8. The number of ketones is 1. The van der Waals surface area contributed by atoms with E-state index in [4.69, 9.17) is 14.2 Å². The summed E-state index contributed by atoms with van der Waals surface area (Å²) in [5.74, 6) is -1.42. The van der Waals surface area contributed by atoms with E-state index in [-0.39, 0.29) is 42.2 Å². The van der Waals surface area contributed by atoms with Gasteiger partial charge in [-0.25, -0.2) is 0 Å². The Morgan fingerprint density at radius 3 is 2.28 bits per heavy atom. The number of carbonyl (C=O) groups excluding carboxylic acids is 4. The lowest BCUT2D eigenvalue weighted by Gasteiger charge is -2.14. The average molecular weight is 401 g/mol. The number of amides is 2. The Bertz CT molecular complexity index is 835. The number of hydrogen-bond acceptors (Lipinski definition) is 7. The van der Waals surface area contributed by atoms with Crippen LogP contribution in [0, 0.1) is 11.8 Å². The van der Waals surface area contributed by atoms with E-state index in [1.165, 1.54) is 20.3 Å². The zero-order valence-electron chi connectivity index (χ0n) is 16.4. The van der Waals surface area contributed by atoms with E-state index in [0.29, 0.717) is 24.3 Å². The number of allylic oxidation sites excluding steroid dienone is 2. The molecular weight excluding hydrogens is 378 g/mol. The van der Waals surface area contributed by atoms with Gasteiger partial charge >= 0.3 is 5.97 Å². The molecule has 2 aliphatic rings. The normalized spacial score (nSPS) is 20.4. The van der Waals surface area contributed by atoms with Crippen LogP contribution in [0.25, 0.3) is 0 Å². The lowest BCUT2D eigenvalue weighted by molar-refractivity contribution is -0.145. The fraction of sp³-hybridized carbons (Fsp3) is 0.429. The lowest BCUT2D eigenvalue weighted by Crippen LogP contribution is -2.33. The molecule has 154 valence electrons. The van der Waals surface area contributed by atoms with Gasteiger partial charge in [0.15, 0.2) is 6.61 Å². The Balaban J connectivity index is 1.52. The van der Waals surface area contributed by atoms with Gasteiger partial charge in [0.2, 0.25) is 17.6 Å². The zero-order valence-corrected chi connectivity index (χ0v) is 16.4. The maximum atomic E-state index is 12.4. The van der Waals surface area contributed by atoms with Crippen molar-refractivity contribution in [2.24, 2.45) is 11.8 Å². The minimum Gasteiger partial charge on any atom is -0.497 e. The largest absolute Gasteiger partial charge is 0.497 e. The standard InChI is InChI=1S/C21H23NO7/c1-27-13-7-8-18(28-2)16(11-13)17(23)12-29-19(24)9-10-22-20(25)14-5-3-4-6-15(14)21(22)26/h3-4,7-8,11,14-15H,5-6,9-10,12H2,1-2H3/t14-,15+. The molecule has 1 fully saturated rings. The number of imide groups is 1. The maximum Gasteiger partial charge on any atom is 0.308 e. The predicted molar refractivity (Wildman–Crippen MR) is 102 cm³/mol. The lowest BCUT2D eigenvalue weighted by atomic mass is 9.85. The number of methoxy groups -OCH3 is 2. The first-order valence-corrected chi connectivity index (χ1v) is 9.37. The van der Waals surface area contributed by atoms with E-state index in [1.54, 1.807) is 12.1 Å². The minimum atomic E-state index is -0.659. The summed E-state index contributed by atoms with van der Waals surface area (Å²) in [4.78, 5) is 50.3. The van der Waals surface area contributed by atoms with Crippen molar-refractivity contribution >= 4 is 23.6 Å². The summed E-state index contributed by atoms with van der Waals surface area (Å²) < 4.78 is 15.3. The van der Waals surface area contributed by atoms with Crippen molar-refractivity contribution < 1.29 is 33.4 Å². The van der Waals surface area contributed by atoms with E-state index in [0.717, 1.165) is 4.90 Å². The summed E-state index contributed by atoms with van der Waals surface area (Å²) in [5.41, 5.74) is 0.237. The van der Waals surface area contributed by atoms with Gasteiger partial charge in [0.05, 0.1) is 38.0 Å². The second-order valence-corrected chi connectivity index (χ2v) is 6.88. The molecule has 0 spiro atoms. The molecule has 0 saturated carbocycles. The van der Waals surface area contributed by atoms with Crippen LogP contribution >= 0.6 is 0 Å². The first kappa shape index (κ1) is 20.6. The molecular formula is C21H23NO7. The van der Waals surface area contributed by atoms with Gasteiger partial charge in [-0.3, -0.25) is 24.1 Å². The van der Waals surface area contributed by atoms with Crippen LogP contribution in [-0.2, 0) is 19.1 Å². The van der Waals surface area contributed by atoms with Gasteiger partial charge < -0.3 is 14.2 Å². The second-order valence-electron chi connectivity index (χ2n) is 6.88. The molecule has 0 radical (unpaired) electrons. The Labute approximate surface area is 168 Å². The number of hydrogen-bond donors (Lipinski definition) is 0. The number of Topliss-reactive ketones (excluding diaryl/α,β-unsaturated/α-hetero) is 1. The third-order valence-corrected chi connectivity index (χ3v) is 5.21. The first-order chi connectivity index (χ1) is 14.0. The Hall–Kier alpha value is -3.16. The van der Waals surface area contributed by atoms with Gasteiger partial charge in [-0.1, -0.05) is 12.2 Å². The van der Waals surface area contributed by atoms with E-state index in [9.17, 15) is 19.2 Å². The highest BCUT2D eigenvalue weighted by atomic mass is 16.5. The summed E-state index contributed by atoms with van der Waals surface area (Å²) in [5, 5.41) is 0. The second kappa shape index (κ2) is 8.89. The van der Waals surface area contributed by atoms with Crippen LogP contribution in [0.3, 0.4) is 0 Å². The molecule has 0 N–H and O–H groups in total. The number of ether oxygens (including phenoxy) is 3. The fourth-order valence-corrected chi connectivity index (χ4v) is 3.62. The van der Waals surface area contributed by atoms with Crippen LogP contribution in [0.2, 0.25) is 0 Å². The van der Waals surface area contributed by atoms with Crippen molar-refractivity contribution in [3.05, 3.63) is 35.9 Å². The van der Waals surface area contributed by atoms with Crippen LogP contribution in [0.1, 0.15) is 29.6 Å². The summed E-state index contributed by atoms with van der Waals surface area (Å²) in [6.07, 6.45) is 4.75. The molecule has 0 unspecified atom stereocenters. The highest BCUT2D eigenvalue weighted by molar-refractivity contribution is 6.05. The van der Waals surface area contributed by atoms with E-state index in [2.05, 4.69) is 0 Å². The smallest absolute Gasteiger partial charge is 0.308 e. The van der Waals surface area contributed by atoms with Gasteiger partial charge in [-0.15, -0.1) is 0 Å². The molecule has 0 aromatic heterocycles. The Morgan fingerprint density at radius 1 is 1.03 bits per heavy atom. The van der Waals surface area contributed by atoms with E-state index < -0.39 is 18.4 Å². The van der Waals surface area contributed by atoms with Crippen LogP contribution in [0.5, 0.6) is 11.5 Å². The molecule has 1 aromatic rings. The number of esters is 1. The van der Waals surface area contributed by atoms with Gasteiger partial charge in [0.1, 0.15) is 11.5 Å². The Kier molecular flexibility index (Phi) is 6.31. The molecule has 8 heteroatoms. The molecule has 29 heavy (non-hydrogen) atoms. The molecule has 2 amide bonds. The molecule has 1 aliphatic heterocycles.